The summed E-state index contributed by atoms with van der Waals surface area (Å²) in [6, 6.07) is 9.02. The van der Waals surface area contributed by atoms with Crippen LogP contribution in [0.1, 0.15) is 131 Å². The molecule has 2 fully saturated rings. The van der Waals surface area contributed by atoms with Gasteiger partial charge in [-0.3, -0.25) is 38.4 Å². The first-order chi connectivity index (χ1) is 47.7. The van der Waals surface area contributed by atoms with Gasteiger partial charge in [0, 0.05) is 66.2 Å². The van der Waals surface area contributed by atoms with Gasteiger partial charge in [-0.15, -0.1) is 0 Å². The van der Waals surface area contributed by atoms with Gasteiger partial charge in [0.1, 0.15) is 59.5 Å². The van der Waals surface area contributed by atoms with Crippen molar-refractivity contribution in [3.8, 4) is 57.1 Å². The second-order valence-corrected chi connectivity index (χ2v) is 27.4. The maximum Gasteiger partial charge on any atom is 0.295 e. The molecule has 0 radical (unpaired) electrons. The number of hydrogen-bond donors (Lipinski definition) is 14. The Morgan fingerprint density at radius 2 is 1.41 bits per heavy atom. The summed E-state index contributed by atoms with van der Waals surface area (Å²) >= 11 is 14.2. The number of ketones is 3. The molecule has 7 heterocycles. The number of phenolic OH excluding ortho intramolecular Hbond substituents is 3. The van der Waals surface area contributed by atoms with Crippen LogP contribution in [0.25, 0.3) is 11.1 Å². The lowest BCUT2D eigenvalue weighted by molar-refractivity contribution is -0.333. The van der Waals surface area contributed by atoms with Crippen molar-refractivity contribution < 1.29 is 122 Å². The number of rotatable bonds is 13. The number of phenols is 3. The molecule has 5 aromatic carbocycles. The number of nitrogens with two attached hydrogens (primary N) is 2. The molecule has 101 heavy (non-hydrogen) atoms. The molecule has 12 rings (SSSR count). The minimum Gasteiger partial charge on any atom is -0.507 e. The Balaban J connectivity index is 1.24. The summed E-state index contributed by atoms with van der Waals surface area (Å²) in [7, 11) is 0. The largest absolute Gasteiger partial charge is 0.507 e. The van der Waals surface area contributed by atoms with E-state index in [1.807, 2.05) is 13.8 Å². The molecule has 2 saturated heterocycles. The van der Waals surface area contributed by atoms with Crippen molar-refractivity contribution in [3.63, 3.8) is 0 Å². The van der Waals surface area contributed by atoms with Crippen LogP contribution in [0.2, 0.25) is 10.0 Å². The van der Waals surface area contributed by atoms with Crippen LogP contribution in [0.15, 0.2) is 72.8 Å². The molecule has 7 aliphatic rings. The summed E-state index contributed by atoms with van der Waals surface area (Å²) in [4.78, 5) is 116. The number of fused-ring (bicyclic) bond motifs is 15. The van der Waals surface area contributed by atoms with E-state index < -0.39 is 244 Å². The lowest BCUT2D eigenvalue weighted by atomic mass is 9.80. The summed E-state index contributed by atoms with van der Waals surface area (Å²) in [5, 5.41) is 110. The van der Waals surface area contributed by atoms with Crippen molar-refractivity contribution in [2.75, 3.05) is 6.61 Å². The molecule has 0 saturated carbocycles. The number of halogens is 3. The van der Waals surface area contributed by atoms with E-state index in [2.05, 4.69) is 16.0 Å². The van der Waals surface area contributed by atoms with Crippen molar-refractivity contribution >= 4 is 70.7 Å². The molecule has 2 unspecified atom stereocenters. The monoisotopic (exact) mass is 1450 g/mol. The first-order valence-electron chi connectivity index (χ1n) is 32.2. The Hall–Kier alpha value is -8.63. The van der Waals surface area contributed by atoms with E-state index in [9.17, 15) is 69.9 Å². The van der Waals surface area contributed by atoms with Gasteiger partial charge in [0.05, 0.1) is 46.8 Å². The van der Waals surface area contributed by atoms with Gasteiger partial charge in [0.25, 0.3) is 6.47 Å². The number of ether oxygens (including phenoxy) is 7. The molecule has 0 spiro atoms. The van der Waals surface area contributed by atoms with Crippen LogP contribution >= 0.6 is 23.2 Å². The Bertz CT molecular complexity index is 4070. The van der Waals surface area contributed by atoms with Gasteiger partial charge < -0.3 is 107 Å². The van der Waals surface area contributed by atoms with Gasteiger partial charge in [-0.1, -0.05) is 62.2 Å². The third-order valence-electron chi connectivity index (χ3n) is 18.6. The highest BCUT2D eigenvalue weighted by Crippen LogP contribution is 2.51. The molecule has 4 amide bonds. The highest BCUT2D eigenvalue weighted by Gasteiger charge is 2.51. The molecule has 18 atom stereocenters. The number of hydrogen-bond acceptors (Lipinski definition) is 25. The molecule has 0 aromatic heterocycles. The first kappa shape index (κ1) is 75.0. The van der Waals surface area contributed by atoms with Crippen LogP contribution in [0.4, 0.5) is 4.39 Å². The number of aromatic hydroxyl groups is 3. The summed E-state index contributed by atoms with van der Waals surface area (Å²) in [6.07, 6.45) is -23.1. The zero-order valence-electron chi connectivity index (χ0n) is 54.8. The van der Waals surface area contributed by atoms with Crippen molar-refractivity contribution in [1.29, 1.82) is 0 Å². The van der Waals surface area contributed by atoms with E-state index in [0.717, 1.165) is 42.5 Å². The number of aliphatic hydroxyl groups is 6. The topological polar surface area (TPSA) is 471 Å². The maximum atomic E-state index is 16.2. The molecule has 5 aromatic rings. The Morgan fingerprint density at radius 3 is 2.00 bits per heavy atom. The van der Waals surface area contributed by atoms with Gasteiger partial charge in [0.2, 0.25) is 47.7 Å². The number of amides is 4. The van der Waals surface area contributed by atoms with Crippen molar-refractivity contribution in [2.45, 2.75) is 164 Å². The number of primary amides is 1. The second kappa shape index (κ2) is 30.5. The van der Waals surface area contributed by atoms with Gasteiger partial charge in [-0.05, 0) is 103 Å². The summed E-state index contributed by atoms with van der Waals surface area (Å²) < 4.78 is 59.5. The van der Waals surface area contributed by atoms with Crippen LogP contribution < -0.4 is 41.6 Å². The number of aliphatic hydroxyl groups excluding tert-OH is 6. The normalized spacial score (nSPS) is 29.6. The van der Waals surface area contributed by atoms with E-state index in [0.29, 0.717) is 12.5 Å². The number of benzene rings is 5. The quantitative estimate of drug-likeness (QED) is 0.0726. The fraction of sp³-hybridized carbons (Fsp3) is 0.449. The fourth-order valence-electron chi connectivity index (χ4n) is 13.3. The molecule has 16 N–H and O–H groups in total. The van der Waals surface area contributed by atoms with E-state index in [1.165, 1.54) is 38.1 Å². The smallest absolute Gasteiger partial charge is 0.295 e. The third kappa shape index (κ3) is 15.9. The Morgan fingerprint density at radius 1 is 0.772 bits per heavy atom. The standard InChI is InChI=1S/C69H76Cl2FN5O24/c1-26(2)12-27(3)64(92)76-55-43(83)16-33(19-50(73)85)65(93)75-54-32-17-47(61(48(18-32)98-46-11-8-31(57(55)87)15-39(46)71)101-68-62(60(90)58(88)49(24-78)99-68)100-51-23-69(5,74)63(91)28(4)96-51)97-45-10-7-30(14-38(45)70)56(86)37-22-41(81)34(20-44(54)84)29-6-9-40(80)35(13-29)52-36(21-42(82)53(72)59(52)89)67(95-25-79)77-66(37)94/h6-11,13-15,17-18,21,25-28,33-34,37,49,51,54-58,60,62-63,67-68,78,80,82,86-91H,12,16,19-20,22-24,74H2,1-5H3,(H2,73,85)(H,75,93)(H,76,92)(H,77,94)/t27-,28-,33+,34-,37+,49+,51-,54-,55?,56-,57-,58-,60+,62+,63-,67+,68?,69+/m1/s1. The molecule has 32 heteroatoms. The first-order valence-corrected chi connectivity index (χ1v) is 32.9. The van der Waals surface area contributed by atoms with E-state index >= 15 is 18.8 Å². The Labute approximate surface area is 585 Å². The summed E-state index contributed by atoms with van der Waals surface area (Å²) in [5.74, 6) is -21.7. The predicted molar refractivity (Wildman–Crippen MR) is 349 cm³/mol. The maximum absolute atomic E-state index is 16.2. The second-order valence-electron chi connectivity index (χ2n) is 26.6. The lowest BCUT2D eigenvalue weighted by Gasteiger charge is -2.47. The average molecular weight is 1450 g/mol. The van der Waals surface area contributed by atoms with E-state index in [-0.39, 0.29) is 57.6 Å². The van der Waals surface area contributed by atoms with Gasteiger partial charge >= 0.3 is 0 Å². The van der Waals surface area contributed by atoms with Crippen LogP contribution in [-0.4, -0.2) is 161 Å². The number of carbonyl (C=O) groups excluding carboxylic acids is 8. The van der Waals surface area contributed by atoms with Crippen LogP contribution in [0.3, 0.4) is 0 Å². The van der Waals surface area contributed by atoms with E-state index in [4.69, 9.17) is 67.8 Å². The molecule has 7 aliphatic heterocycles. The lowest BCUT2D eigenvalue weighted by Crippen LogP contribution is -2.64. The zero-order chi connectivity index (χ0) is 73.5. The number of nitrogens with one attached hydrogen (secondary N) is 3. The highest BCUT2D eigenvalue weighted by molar-refractivity contribution is 6.32. The van der Waals surface area contributed by atoms with Crippen molar-refractivity contribution in [3.05, 3.63) is 116 Å². The van der Waals surface area contributed by atoms with Crippen LogP contribution in [0.5, 0.6) is 46.0 Å². The van der Waals surface area contributed by atoms with Gasteiger partial charge in [-0.2, -0.15) is 4.39 Å². The Kier molecular flexibility index (Phi) is 22.7. The van der Waals surface area contributed by atoms with Crippen LogP contribution in [-0.2, 0) is 57.3 Å². The minimum absolute atomic E-state index is 0.0238. The third-order valence-corrected chi connectivity index (χ3v) is 19.2. The summed E-state index contributed by atoms with van der Waals surface area (Å²) in [6.45, 7) is 7.17. The van der Waals surface area contributed by atoms with Crippen molar-refractivity contribution in [1.82, 2.24) is 16.0 Å². The minimum atomic E-state index is -2.19. The van der Waals surface area contributed by atoms with Gasteiger partial charge in [-0.25, -0.2) is 0 Å². The fourth-order valence-corrected chi connectivity index (χ4v) is 13.7. The predicted octanol–water partition coefficient (Wildman–Crippen LogP) is 4.41. The van der Waals surface area contributed by atoms with Crippen LogP contribution in [0, 0.1) is 29.5 Å². The number of carbonyl (C=O) groups is 8. The molecular weight excluding hydrogens is 1370 g/mol. The molecule has 29 nitrogen and oxygen atoms in total. The molecule has 0 aliphatic carbocycles. The zero-order valence-corrected chi connectivity index (χ0v) is 56.3. The van der Waals surface area contributed by atoms with Crippen molar-refractivity contribution in [2.24, 2.45) is 35.1 Å². The molecular formula is C69H76Cl2FN5O24. The highest BCUT2D eigenvalue weighted by atomic mass is 35.5. The van der Waals surface area contributed by atoms with Gasteiger partial charge in [0.15, 0.2) is 47.0 Å². The SMILES string of the molecule is CC(C)C[C@@H](C)C(=O)NC1C(=O)C[C@@H](CC(N)=O)C(=O)N[C@H]2C(=O)C[C@H]3C(=O)C[C@H](C(=O)N[C@@H](OC=O)c4cc(O)c(F)c(O)c4-c4cc3ccc4O)[C@H](O)c3ccc(c(Cl)c3)Oc3cc2cc(c3OC2O[C@@H](CO)[C@@H](O)[C@H](O)[C@@H]2O[C@@H]2C[C@](C)(N)[C@H](O)[C@@H](C)O2)Oc2ccc(cc2Cl)[C@H]1O. The molecule has 11 bridgehead atoms. The average Bonchev–Trinajstić information content (AvgIpc) is 0.764. The number of Topliss-reactive ketones (excluding diaryl/α,β-unsaturated/α-hetero) is 3. The summed E-state index contributed by atoms with van der Waals surface area (Å²) in [5.41, 5.74) is 8.13. The van der Waals surface area contributed by atoms with E-state index in [1.54, 1.807) is 6.92 Å². The molecule has 542 valence electrons.